The highest BCUT2D eigenvalue weighted by atomic mass is 16.2. The van der Waals surface area contributed by atoms with Crippen molar-refractivity contribution in [2.75, 3.05) is 18.0 Å². The van der Waals surface area contributed by atoms with Crippen LogP contribution in [-0.2, 0) is 35.5 Å². The maximum absolute atomic E-state index is 12.1. The topological polar surface area (TPSA) is 61.4 Å². The second kappa shape index (κ2) is 10.6. The Labute approximate surface area is 189 Å². The van der Waals surface area contributed by atoms with Crippen LogP contribution in [0.25, 0.3) is 0 Å². The maximum Gasteiger partial charge on any atom is 0.224 e. The van der Waals surface area contributed by atoms with E-state index in [9.17, 15) is 9.59 Å². The first-order valence-corrected chi connectivity index (χ1v) is 11.2. The second-order valence-electron chi connectivity index (χ2n) is 8.16. The van der Waals surface area contributed by atoms with Gasteiger partial charge in [0.15, 0.2) is 0 Å². The largest absolute Gasteiger partial charge is 0.367 e. The van der Waals surface area contributed by atoms with Crippen molar-refractivity contribution in [3.8, 4) is 0 Å². The molecule has 0 radical (unpaired) electrons. The van der Waals surface area contributed by atoms with Gasteiger partial charge < -0.3 is 15.5 Å². The number of nitrogens with zero attached hydrogens (tertiary/aromatic N) is 1. The number of para-hydroxylation sites is 1. The number of hydrogen-bond acceptors (Lipinski definition) is 3. The average Bonchev–Trinajstić information content (AvgIpc) is 3.22. The first-order valence-electron chi connectivity index (χ1n) is 11.2. The SMILES string of the molecule is O=C(CCNC(=O)Cc1ccccc1)NCc1ccc(CN2CCc3ccccc32)cc1. The molecule has 2 N–H and O–H groups in total. The van der Waals surface area contributed by atoms with Crippen molar-refractivity contribution in [1.82, 2.24) is 10.6 Å². The van der Waals surface area contributed by atoms with Gasteiger partial charge in [0.05, 0.1) is 6.42 Å². The van der Waals surface area contributed by atoms with Crippen LogP contribution >= 0.6 is 0 Å². The Bertz CT molecular complexity index is 1050. The fourth-order valence-electron chi connectivity index (χ4n) is 4.00. The van der Waals surface area contributed by atoms with Gasteiger partial charge in [-0.15, -0.1) is 0 Å². The summed E-state index contributed by atoms with van der Waals surface area (Å²) in [4.78, 5) is 26.5. The van der Waals surface area contributed by atoms with Crippen LogP contribution in [0.2, 0.25) is 0 Å². The average molecular weight is 428 g/mol. The Kier molecular flexibility index (Phi) is 7.18. The Morgan fingerprint density at radius 3 is 2.28 bits per heavy atom. The lowest BCUT2D eigenvalue weighted by Gasteiger charge is -2.19. The lowest BCUT2D eigenvalue weighted by molar-refractivity contribution is -0.122. The van der Waals surface area contributed by atoms with Crippen molar-refractivity contribution in [2.24, 2.45) is 0 Å². The molecule has 0 fully saturated rings. The molecule has 0 unspecified atom stereocenters. The lowest BCUT2D eigenvalue weighted by atomic mass is 10.1. The highest BCUT2D eigenvalue weighted by Crippen LogP contribution is 2.28. The van der Waals surface area contributed by atoms with E-state index in [2.05, 4.69) is 64.1 Å². The monoisotopic (exact) mass is 427 g/mol. The quantitative estimate of drug-likeness (QED) is 0.548. The van der Waals surface area contributed by atoms with Gasteiger partial charge in [0.1, 0.15) is 0 Å². The molecule has 32 heavy (non-hydrogen) atoms. The first kappa shape index (κ1) is 21.6. The van der Waals surface area contributed by atoms with Gasteiger partial charge >= 0.3 is 0 Å². The van der Waals surface area contributed by atoms with Crippen molar-refractivity contribution in [3.05, 3.63) is 101 Å². The fourth-order valence-corrected chi connectivity index (χ4v) is 4.00. The summed E-state index contributed by atoms with van der Waals surface area (Å²) in [5, 5.41) is 5.73. The predicted octanol–water partition coefficient (Wildman–Crippen LogP) is 3.61. The number of hydrogen-bond donors (Lipinski definition) is 2. The van der Waals surface area contributed by atoms with Crippen molar-refractivity contribution in [3.63, 3.8) is 0 Å². The van der Waals surface area contributed by atoms with Crippen LogP contribution in [0.5, 0.6) is 0 Å². The molecule has 0 bridgehead atoms. The smallest absolute Gasteiger partial charge is 0.224 e. The van der Waals surface area contributed by atoms with Crippen LogP contribution in [0.1, 0.15) is 28.7 Å². The van der Waals surface area contributed by atoms with Gasteiger partial charge in [0.2, 0.25) is 11.8 Å². The molecular formula is C27H29N3O2. The third-order valence-electron chi connectivity index (χ3n) is 5.75. The van der Waals surface area contributed by atoms with Gasteiger partial charge in [-0.3, -0.25) is 9.59 Å². The number of rotatable bonds is 9. The van der Waals surface area contributed by atoms with Crippen molar-refractivity contribution in [2.45, 2.75) is 32.4 Å². The molecule has 0 saturated heterocycles. The number of nitrogens with one attached hydrogen (secondary N) is 2. The van der Waals surface area contributed by atoms with E-state index < -0.39 is 0 Å². The lowest BCUT2D eigenvalue weighted by Crippen LogP contribution is -2.31. The van der Waals surface area contributed by atoms with Crippen LogP contribution in [0.4, 0.5) is 5.69 Å². The summed E-state index contributed by atoms with van der Waals surface area (Å²) in [6, 6.07) is 26.6. The zero-order chi connectivity index (χ0) is 22.2. The van der Waals surface area contributed by atoms with E-state index in [-0.39, 0.29) is 18.2 Å². The van der Waals surface area contributed by atoms with Crippen LogP contribution < -0.4 is 15.5 Å². The van der Waals surface area contributed by atoms with E-state index in [1.807, 2.05) is 30.3 Å². The normalized spacial score (nSPS) is 12.3. The van der Waals surface area contributed by atoms with Gasteiger partial charge in [-0.2, -0.15) is 0 Å². The Morgan fingerprint density at radius 1 is 0.750 bits per heavy atom. The molecule has 5 heteroatoms. The van der Waals surface area contributed by atoms with Crippen molar-refractivity contribution < 1.29 is 9.59 Å². The molecule has 0 saturated carbocycles. The van der Waals surface area contributed by atoms with Crippen molar-refractivity contribution >= 4 is 17.5 Å². The predicted molar refractivity (Wildman–Crippen MR) is 127 cm³/mol. The highest BCUT2D eigenvalue weighted by molar-refractivity contribution is 5.80. The van der Waals surface area contributed by atoms with E-state index in [1.165, 1.54) is 16.8 Å². The number of fused-ring (bicyclic) bond motifs is 1. The summed E-state index contributed by atoms with van der Waals surface area (Å²) in [5.41, 5.74) is 6.05. The molecule has 1 aliphatic heterocycles. The van der Waals surface area contributed by atoms with Crippen LogP contribution in [0.3, 0.4) is 0 Å². The zero-order valence-corrected chi connectivity index (χ0v) is 18.2. The van der Waals surface area contributed by atoms with Gasteiger partial charge in [0, 0.05) is 38.3 Å². The molecule has 1 heterocycles. The molecule has 3 aromatic rings. The molecule has 5 nitrogen and oxygen atoms in total. The minimum atomic E-state index is -0.0692. The molecule has 0 spiro atoms. The first-order chi connectivity index (χ1) is 15.7. The van der Waals surface area contributed by atoms with Crippen LogP contribution in [0.15, 0.2) is 78.9 Å². The van der Waals surface area contributed by atoms with Gasteiger partial charge in [-0.25, -0.2) is 0 Å². The molecule has 4 rings (SSSR count). The number of carbonyl (C=O) groups excluding carboxylic acids is 2. The zero-order valence-electron chi connectivity index (χ0n) is 18.2. The molecule has 0 atom stereocenters. The second-order valence-corrected chi connectivity index (χ2v) is 8.16. The molecule has 1 aliphatic rings. The van der Waals surface area contributed by atoms with E-state index in [4.69, 9.17) is 0 Å². The van der Waals surface area contributed by atoms with Gasteiger partial charge in [-0.1, -0.05) is 72.8 Å². The standard InChI is InChI=1S/C27H29N3O2/c31-26(14-16-28-27(32)18-21-6-2-1-3-7-21)29-19-22-10-12-23(13-11-22)20-30-17-15-24-8-4-5-9-25(24)30/h1-13H,14-20H2,(H,28,32)(H,29,31). The molecule has 0 aromatic heterocycles. The van der Waals surface area contributed by atoms with Crippen LogP contribution in [-0.4, -0.2) is 24.9 Å². The summed E-state index contributed by atoms with van der Waals surface area (Å²) < 4.78 is 0. The number of amides is 2. The Hall–Kier alpha value is -3.60. The number of anilines is 1. The minimum Gasteiger partial charge on any atom is -0.367 e. The summed E-state index contributed by atoms with van der Waals surface area (Å²) in [6.07, 6.45) is 1.71. The molecule has 3 aromatic carbocycles. The minimum absolute atomic E-state index is 0.0669. The molecular weight excluding hydrogens is 398 g/mol. The fraction of sp³-hybridized carbons (Fsp3) is 0.259. The summed E-state index contributed by atoms with van der Waals surface area (Å²) >= 11 is 0. The van der Waals surface area contributed by atoms with E-state index in [0.29, 0.717) is 19.5 Å². The summed E-state index contributed by atoms with van der Waals surface area (Å²) in [6.45, 7) is 2.78. The third kappa shape index (κ3) is 5.97. The third-order valence-corrected chi connectivity index (χ3v) is 5.75. The van der Waals surface area contributed by atoms with E-state index in [0.717, 1.165) is 30.6 Å². The molecule has 2 amide bonds. The van der Waals surface area contributed by atoms with E-state index in [1.54, 1.807) is 0 Å². The van der Waals surface area contributed by atoms with E-state index >= 15 is 0 Å². The number of benzene rings is 3. The number of carbonyl (C=O) groups is 2. The summed E-state index contributed by atoms with van der Waals surface area (Å²) in [7, 11) is 0. The van der Waals surface area contributed by atoms with Gasteiger partial charge in [0.25, 0.3) is 0 Å². The van der Waals surface area contributed by atoms with Crippen LogP contribution in [0, 0.1) is 0 Å². The highest BCUT2D eigenvalue weighted by Gasteiger charge is 2.18. The van der Waals surface area contributed by atoms with Crippen molar-refractivity contribution in [1.29, 1.82) is 0 Å². The molecule has 164 valence electrons. The molecule has 0 aliphatic carbocycles. The Balaban J connectivity index is 1.16. The summed E-state index contributed by atoms with van der Waals surface area (Å²) in [5.74, 6) is -0.136. The maximum atomic E-state index is 12.1. The Morgan fingerprint density at radius 2 is 1.47 bits per heavy atom. The van der Waals surface area contributed by atoms with Gasteiger partial charge in [-0.05, 0) is 34.7 Å².